The summed E-state index contributed by atoms with van der Waals surface area (Å²) in [6.07, 6.45) is -0.0470. The minimum atomic E-state index is -3.47. The van der Waals surface area contributed by atoms with E-state index in [2.05, 4.69) is 4.98 Å². The summed E-state index contributed by atoms with van der Waals surface area (Å²) in [5.41, 5.74) is 1.98. The van der Waals surface area contributed by atoms with Crippen molar-refractivity contribution in [1.29, 1.82) is 5.26 Å². The van der Waals surface area contributed by atoms with Crippen molar-refractivity contribution >= 4 is 20.9 Å². The highest BCUT2D eigenvalue weighted by Gasteiger charge is 2.15. The molecule has 1 aromatic heterocycles. The molecule has 24 heavy (non-hydrogen) atoms. The summed E-state index contributed by atoms with van der Waals surface area (Å²) in [7, 11) is -3.47. The number of aromatic nitrogens is 2. The predicted molar refractivity (Wildman–Crippen MR) is 88.0 cm³/mol. The molecule has 0 saturated carbocycles. The lowest BCUT2D eigenvalue weighted by atomic mass is 10.2. The van der Waals surface area contributed by atoms with E-state index in [1.165, 1.54) is 24.3 Å². The minimum absolute atomic E-state index is 0.0470. The first-order chi connectivity index (χ1) is 11.4. The number of rotatable bonds is 4. The van der Waals surface area contributed by atoms with Crippen molar-refractivity contribution in [2.45, 2.75) is 18.2 Å². The molecule has 1 heterocycles. The lowest BCUT2D eigenvalue weighted by Crippen LogP contribution is -2.06. The van der Waals surface area contributed by atoms with Gasteiger partial charge in [0.25, 0.3) is 0 Å². The number of halogens is 1. The third-order valence-corrected chi connectivity index (χ3v) is 5.45. The maximum atomic E-state index is 13.5. The molecule has 3 rings (SSSR count). The third-order valence-electron chi connectivity index (χ3n) is 3.72. The standard InChI is InChI=1S/C17H14FN3O2S/c1-12-20-16-8-3-13(18)11-17(16)21(12)14-4-6-15(7-5-14)24(22,23)10-2-9-19/h3-8,11H,2,10H2,1H3. The van der Waals surface area contributed by atoms with Crippen LogP contribution in [0.1, 0.15) is 12.2 Å². The van der Waals surface area contributed by atoms with Crippen molar-refractivity contribution in [3.05, 3.63) is 54.1 Å². The van der Waals surface area contributed by atoms with E-state index in [1.807, 2.05) is 6.07 Å². The van der Waals surface area contributed by atoms with Crippen LogP contribution in [-0.2, 0) is 9.84 Å². The van der Waals surface area contributed by atoms with E-state index in [0.717, 1.165) is 0 Å². The largest absolute Gasteiger partial charge is 0.296 e. The molecule has 3 aromatic rings. The molecule has 0 aliphatic heterocycles. The maximum Gasteiger partial charge on any atom is 0.179 e. The van der Waals surface area contributed by atoms with Crippen LogP contribution in [-0.4, -0.2) is 23.7 Å². The quantitative estimate of drug-likeness (QED) is 0.729. The van der Waals surface area contributed by atoms with Crippen LogP contribution < -0.4 is 0 Å². The van der Waals surface area contributed by atoms with Gasteiger partial charge in [-0.05, 0) is 43.3 Å². The highest BCUT2D eigenvalue weighted by molar-refractivity contribution is 7.91. The van der Waals surface area contributed by atoms with Crippen LogP contribution in [0.5, 0.6) is 0 Å². The number of hydrogen-bond donors (Lipinski definition) is 0. The second-order valence-corrected chi connectivity index (χ2v) is 7.46. The van der Waals surface area contributed by atoms with Gasteiger partial charge < -0.3 is 0 Å². The van der Waals surface area contributed by atoms with Crippen LogP contribution in [0.15, 0.2) is 47.4 Å². The summed E-state index contributed by atoms with van der Waals surface area (Å²) in [5.74, 6) is 0.108. The monoisotopic (exact) mass is 343 g/mol. The van der Waals surface area contributed by atoms with Crippen molar-refractivity contribution < 1.29 is 12.8 Å². The van der Waals surface area contributed by atoms with Crippen LogP contribution in [0.3, 0.4) is 0 Å². The molecule has 0 N–H and O–H groups in total. The van der Waals surface area contributed by atoms with Crippen molar-refractivity contribution in [2.75, 3.05) is 5.75 Å². The Kier molecular flexibility index (Phi) is 4.08. The average Bonchev–Trinajstić information content (AvgIpc) is 2.88. The normalized spacial score (nSPS) is 11.5. The number of sulfone groups is 1. The molecule has 7 heteroatoms. The molecule has 0 unspecified atom stereocenters. The first-order valence-corrected chi connectivity index (χ1v) is 8.92. The number of nitriles is 1. The number of aryl methyl sites for hydroxylation is 1. The number of benzene rings is 2. The van der Waals surface area contributed by atoms with Gasteiger partial charge >= 0.3 is 0 Å². The van der Waals surface area contributed by atoms with Gasteiger partial charge in [-0.1, -0.05) is 0 Å². The molecule has 0 bridgehead atoms. The molecule has 5 nitrogen and oxygen atoms in total. The van der Waals surface area contributed by atoms with Gasteiger partial charge in [-0.15, -0.1) is 0 Å². The van der Waals surface area contributed by atoms with Gasteiger partial charge in [0.1, 0.15) is 11.6 Å². The Bertz CT molecular complexity index is 1050. The summed E-state index contributed by atoms with van der Waals surface area (Å²) < 4.78 is 39.5. The zero-order chi connectivity index (χ0) is 17.3. The van der Waals surface area contributed by atoms with Crippen LogP contribution in [0.4, 0.5) is 4.39 Å². The predicted octanol–water partition coefficient (Wildman–Crippen LogP) is 3.16. The van der Waals surface area contributed by atoms with E-state index in [1.54, 1.807) is 29.7 Å². The van der Waals surface area contributed by atoms with Gasteiger partial charge in [0.2, 0.25) is 0 Å². The summed E-state index contributed by atoms with van der Waals surface area (Å²) in [6, 6.07) is 12.5. The lowest BCUT2D eigenvalue weighted by molar-refractivity contribution is 0.596. The molecule has 0 saturated heterocycles. The van der Waals surface area contributed by atoms with Gasteiger partial charge in [0.15, 0.2) is 9.84 Å². The maximum absolute atomic E-state index is 13.5. The molecule has 0 fully saturated rings. The van der Waals surface area contributed by atoms with E-state index < -0.39 is 9.84 Å². The Labute approximate surface area is 138 Å². The van der Waals surface area contributed by atoms with Crippen LogP contribution in [0.2, 0.25) is 0 Å². The molecular weight excluding hydrogens is 329 g/mol. The zero-order valence-corrected chi connectivity index (χ0v) is 13.7. The van der Waals surface area contributed by atoms with Crippen LogP contribution in [0.25, 0.3) is 16.7 Å². The summed E-state index contributed by atoms with van der Waals surface area (Å²) in [6.45, 7) is 1.80. The second kappa shape index (κ2) is 6.06. The second-order valence-electron chi connectivity index (χ2n) is 5.35. The van der Waals surface area contributed by atoms with Gasteiger partial charge in [0, 0.05) is 18.2 Å². The van der Waals surface area contributed by atoms with Gasteiger partial charge in [-0.2, -0.15) is 5.26 Å². The Morgan fingerprint density at radius 2 is 1.92 bits per heavy atom. The molecule has 122 valence electrons. The Balaban J connectivity index is 2.05. The minimum Gasteiger partial charge on any atom is -0.296 e. The highest BCUT2D eigenvalue weighted by Crippen LogP contribution is 2.23. The zero-order valence-electron chi connectivity index (χ0n) is 12.9. The Morgan fingerprint density at radius 3 is 2.58 bits per heavy atom. The van der Waals surface area contributed by atoms with E-state index in [-0.39, 0.29) is 22.9 Å². The van der Waals surface area contributed by atoms with Crippen molar-refractivity contribution in [3.8, 4) is 11.8 Å². The molecule has 0 radical (unpaired) electrons. The molecule has 0 spiro atoms. The van der Waals surface area contributed by atoms with Crippen molar-refractivity contribution in [1.82, 2.24) is 9.55 Å². The van der Waals surface area contributed by atoms with Crippen LogP contribution >= 0.6 is 0 Å². The van der Waals surface area contributed by atoms with E-state index in [4.69, 9.17) is 5.26 Å². The molecule has 2 aromatic carbocycles. The Morgan fingerprint density at radius 1 is 1.21 bits per heavy atom. The van der Waals surface area contributed by atoms with Crippen molar-refractivity contribution in [2.24, 2.45) is 0 Å². The van der Waals surface area contributed by atoms with Crippen LogP contribution in [0, 0.1) is 24.1 Å². The highest BCUT2D eigenvalue weighted by atomic mass is 32.2. The molecular formula is C17H14FN3O2S. The topological polar surface area (TPSA) is 75.8 Å². The first kappa shape index (κ1) is 16.1. The molecule has 0 amide bonds. The number of nitrogens with zero attached hydrogens (tertiary/aromatic N) is 3. The summed E-state index contributed by atoms with van der Waals surface area (Å²) in [5, 5.41) is 8.54. The number of fused-ring (bicyclic) bond motifs is 1. The fourth-order valence-corrected chi connectivity index (χ4v) is 3.74. The number of hydrogen-bond acceptors (Lipinski definition) is 4. The fraction of sp³-hybridized carbons (Fsp3) is 0.176. The van der Waals surface area contributed by atoms with Crippen molar-refractivity contribution in [3.63, 3.8) is 0 Å². The molecule has 0 aliphatic carbocycles. The smallest absolute Gasteiger partial charge is 0.179 e. The van der Waals surface area contributed by atoms with E-state index in [0.29, 0.717) is 22.5 Å². The van der Waals surface area contributed by atoms with E-state index >= 15 is 0 Å². The van der Waals surface area contributed by atoms with Gasteiger partial charge in [0.05, 0.1) is 27.8 Å². The SMILES string of the molecule is Cc1nc2ccc(F)cc2n1-c1ccc(S(=O)(=O)CCC#N)cc1. The average molecular weight is 343 g/mol. The molecule has 0 aliphatic rings. The fourth-order valence-electron chi connectivity index (χ4n) is 2.60. The van der Waals surface area contributed by atoms with Gasteiger partial charge in [-0.3, -0.25) is 4.57 Å². The first-order valence-electron chi connectivity index (χ1n) is 7.27. The summed E-state index contributed by atoms with van der Waals surface area (Å²) >= 11 is 0. The number of imidazole rings is 1. The third kappa shape index (κ3) is 2.88. The van der Waals surface area contributed by atoms with Gasteiger partial charge in [-0.25, -0.2) is 17.8 Å². The van der Waals surface area contributed by atoms with E-state index in [9.17, 15) is 12.8 Å². The lowest BCUT2D eigenvalue weighted by Gasteiger charge is -2.08. The Hall–Kier alpha value is -2.72. The molecule has 0 atom stereocenters. The summed E-state index contributed by atoms with van der Waals surface area (Å²) in [4.78, 5) is 4.55.